The molecule has 1 aliphatic heterocycles. The summed E-state index contributed by atoms with van der Waals surface area (Å²) in [7, 11) is 0. The summed E-state index contributed by atoms with van der Waals surface area (Å²) in [5.74, 6) is 2.19. The highest BCUT2D eigenvalue weighted by molar-refractivity contribution is 9.10. The van der Waals surface area contributed by atoms with Crippen LogP contribution in [0.5, 0.6) is 11.5 Å². The number of benzene rings is 1. The van der Waals surface area contributed by atoms with Gasteiger partial charge in [0.1, 0.15) is 0 Å². The van der Waals surface area contributed by atoms with Crippen LogP contribution in [0.2, 0.25) is 0 Å². The Hall–Kier alpha value is -0.940. The van der Waals surface area contributed by atoms with Crippen LogP contribution >= 0.6 is 27.7 Å². The minimum absolute atomic E-state index is 0.124. The van der Waals surface area contributed by atoms with Crippen LogP contribution in [0.4, 0.5) is 0 Å². The van der Waals surface area contributed by atoms with Crippen molar-refractivity contribution < 1.29 is 14.3 Å². The maximum Gasteiger partial charge on any atom is 0.231 e. The minimum atomic E-state index is 0.124. The fourth-order valence-corrected chi connectivity index (χ4v) is 2.28. The highest BCUT2D eigenvalue weighted by Gasteiger charge is 2.14. The van der Waals surface area contributed by atoms with Crippen molar-refractivity contribution in [3.63, 3.8) is 0 Å². The highest BCUT2D eigenvalue weighted by Crippen LogP contribution is 2.37. The van der Waals surface area contributed by atoms with E-state index in [0.29, 0.717) is 5.75 Å². The maximum absolute atomic E-state index is 10.8. The van der Waals surface area contributed by atoms with E-state index in [1.807, 2.05) is 24.3 Å². The van der Waals surface area contributed by atoms with Crippen molar-refractivity contribution in [2.75, 3.05) is 12.5 Å². The lowest BCUT2D eigenvalue weighted by atomic mass is 10.2. The quantitative estimate of drug-likeness (QED) is 0.855. The summed E-state index contributed by atoms with van der Waals surface area (Å²) in [6.45, 7) is 1.84. The largest absolute Gasteiger partial charge is 0.454 e. The van der Waals surface area contributed by atoms with E-state index in [2.05, 4.69) is 15.9 Å². The molecule has 2 rings (SSSR count). The van der Waals surface area contributed by atoms with E-state index >= 15 is 0 Å². The lowest BCUT2D eigenvalue weighted by Gasteiger charge is -2.01. The standard InChI is InChI=1S/C12H11BrO3S/c1-8(14)17-4-2-3-9-5-11-12(6-10(9)13)16-7-15-11/h2-3,5-6H,4,7H2,1H3. The average molecular weight is 315 g/mol. The molecule has 0 fully saturated rings. The number of carbonyl (C=O) groups is 1. The molecule has 0 amide bonds. The number of fused-ring (bicyclic) bond motifs is 1. The number of carbonyl (C=O) groups excluding carboxylic acids is 1. The van der Waals surface area contributed by atoms with Gasteiger partial charge in [0.05, 0.1) is 0 Å². The van der Waals surface area contributed by atoms with Crippen molar-refractivity contribution in [2.24, 2.45) is 0 Å². The highest BCUT2D eigenvalue weighted by atomic mass is 79.9. The molecular weight excluding hydrogens is 304 g/mol. The maximum atomic E-state index is 10.8. The van der Waals surface area contributed by atoms with Gasteiger partial charge in [-0.15, -0.1) is 0 Å². The molecule has 0 bridgehead atoms. The first-order valence-electron chi connectivity index (χ1n) is 5.06. The zero-order valence-corrected chi connectivity index (χ0v) is 11.6. The second-order valence-electron chi connectivity index (χ2n) is 3.43. The van der Waals surface area contributed by atoms with Gasteiger partial charge in [0.25, 0.3) is 0 Å². The third-order valence-electron chi connectivity index (χ3n) is 2.17. The Morgan fingerprint density at radius 3 is 2.88 bits per heavy atom. The van der Waals surface area contributed by atoms with Crippen LogP contribution in [0.25, 0.3) is 6.08 Å². The number of rotatable bonds is 3. The molecule has 0 spiro atoms. The summed E-state index contributed by atoms with van der Waals surface area (Å²) in [4.78, 5) is 10.8. The van der Waals surface area contributed by atoms with Crippen LogP contribution < -0.4 is 9.47 Å². The van der Waals surface area contributed by atoms with E-state index in [9.17, 15) is 4.79 Å². The van der Waals surface area contributed by atoms with Gasteiger partial charge < -0.3 is 9.47 Å². The van der Waals surface area contributed by atoms with E-state index < -0.39 is 0 Å². The van der Waals surface area contributed by atoms with Gasteiger partial charge in [-0.2, -0.15) is 0 Å². The normalized spacial score (nSPS) is 13.3. The summed E-state index contributed by atoms with van der Waals surface area (Å²) < 4.78 is 11.5. The fourth-order valence-electron chi connectivity index (χ4n) is 1.40. The summed E-state index contributed by atoms with van der Waals surface area (Å²) in [5, 5.41) is 0.124. The van der Waals surface area contributed by atoms with Crippen LogP contribution in [0, 0.1) is 0 Å². The number of hydrogen-bond acceptors (Lipinski definition) is 4. The summed E-state index contributed by atoms with van der Waals surface area (Å²) >= 11 is 4.76. The zero-order chi connectivity index (χ0) is 12.3. The Bertz CT molecular complexity index is 471. The second-order valence-corrected chi connectivity index (χ2v) is 5.48. The van der Waals surface area contributed by atoms with E-state index in [1.54, 1.807) is 6.92 Å². The second kappa shape index (κ2) is 5.60. The fraction of sp³-hybridized carbons (Fsp3) is 0.250. The molecule has 0 radical (unpaired) electrons. The van der Waals surface area contributed by atoms with Crippen molar-refractivity contribution in [1.82, 2.24) is 0 Å². The molecule has 0 aliphatic carbocycles. The van der Waals surface area contributed by atoms with Gasteiger partial charge in [0.15, 0.2) is 16.6 Å². The van der Waals surface area contributed by atoms with Crippen molar-refractivity contribution in [1.29, 1.82) is 0 Å². The summed E-state index contributed by atoms with van der Waals surface area (Å²) in [6.07, 6.45) is 3.91. The minimum Gasteiger partial charge on any atom is -0.454 e. The lowest BCUT2D eigenvalue weighted by Crippen LogP contribution is -1.92. The molecule has 3 nitrogen and oxygen atoms in total. The number of thioether (sulfide) groups is 1. The molecule has 1 aromatic carbocycles. The van der Waals surface area contributed by atoms with E-state index in [1.165, 1.54) is 11.8 Å². The molecule has 0 saturated heterocycles. The molecule has 90 valence electrons. The van der Waals surface area contributed by atoms with Crippen LogP contribution in [0.1, 0.15) is 12.5 Å². The van der Waals surface area contributed by atoms with Crippen molar-refractivity contribution in [3.05, 3.63) is 28.2 Å². The third kappa shape index (κ3) is 3.26. The SMILES string of the molecule is CC(=O)SCC=Cc1cc2c(cc1Br)OCO2. The van der Waals surface area contributed by atoms with E-state index in [0.717, 1.165) is 21.5 Å². The molecule has 0 atom stereocenters. The Morgan fingerprint density at radius 1 is 1.47 bits per heavy atom. The molecule has 0 aromatic heterocycles. The number of ether oxygens (including phenoxy) is 2. The third-order valence-corrected chi connectivity index (χ3v) is 3.62. The first-order valence-corrected chi connectivity index (χ1v) is 6.84. The predicted octanol–water partition coefficient (Wildman–Crippen LogP) is 3.47. The summed E-state index contributed by atoms with van der Waals surface area (Å²) in [5.41, 5.74) is 1.01. The van der Waals surface area contributed by atoms with Gasteiger partial charge in [-0.1, -0.05) is 39.8 Å². The molecule has 17 heavy (non-hydrogen) atoms. The molecule has 5 heteroatoms. The lowest BCUT2D eigenvalue weighted by molar-refractivity contribution is -0.109. The van der Waals surface area contributed by atoms with Gasteiger partial charge in [-0.05, 0) is 17.7 Å². The van der Waals surface area contributed by atoms with Crippen LogP contribution in [-0.4, -0.2) is 17.7 Å². The van der Waals surface area contributed by atoms with Crippen LogP contribution in [-0.2, 0) is 4.79 Å². The van der Waals surface area contributed by atoms with Gasteiger partial charge >= 0.3 is 0 Å². The van der Waals surface area contributed by atoms with Crippen LogP contribution in [0.15, 0.2) is 22.7 Å². The van der Waals surface area contributed by atoms with E-state index in [-0.39, 0.29) is 11.9 Å². The summed E-state index contributed by atoms with van der Waals surface area (Å²) in [6, 6.07) is 3.81. The smallest absolute Gasteiger partial charge is 0.231 e. The molecule has 1 aliphatic rings. The Balaban J connectivity index is 2.08. The number of hydrogen-bond donors (Lipinski definition) is 0. The Labute approximate surface area is 112 Å². The molecule has 0 unspecified atom stereocenters. The van der Waals surface area contributed by atoms with Crippen LogP contribution in [0.3, 0.4) is 0 Å². The van der Waals surface area contributed by atoms with Crippen molar-refractivity contribution >= 4 is 38.9 Å². The monoisotopic (exact) mass is 314 g/mol. The predicted molar refractivity (Wildman–Crippen MR) is 72.4 cm³/mol. The molecule has 1 heterocycles. The zero-order valence-electron chi connectivity index (χ0n) is 9.23. The van der Waals surface area contributed by atoms with Gasteiger partial charge in [0.2, 0.25) is 6.79 Å². The van der Waals surface area contributed by atoms with Crippen molar-refractivity contribution in [2.45, 2.75) is 6.92 Å². The molecule has 0 saturated carbocycles. The molecular formula is C12H11BrO3S. The van der Waals surface area contributed by atoms with Gasteiger partial charge in [-0.25, -0.2) is 0 Å². The molecule has 1 aromatic rings. The first-order chi connectivity index (χ1) is 8.16. The Kier molecular flexibility index (Phi) is 4.12. The van der Waals surface area contributed by atoms with Gasteiger partial charge in [-0.3, -0.25) is 4.79 Å². The average Bonchev–Trinajstić information content (AvgIpc) is 2.71. The van der Waals surface area contributed by atoms with Crippen molar-refractivity contribution in [3.8, 4) is 11.5 Å². The molecule has 0 N–H and O–H groups in total. The number of halogens is 1. The first kappa shape index (κ1) is 12.5. The van der Waals surface area contributed by atoms with Gasteiger partial charge in [0, 0.05) is 17.1 Å². The Morgan fingerprint density at radius 2 is 2.18 bits per heavy atom. The van der Waals surface area contributed by atoms with E-state index in [4.69, 9.17) is 9.47 Å². The topological polar surface area (TPSA) is 35.5 Å².